The smallest absolute Gasteiger partial charge is 0.200 e. The van der Waals surface area contributed by atoms with Crippen LogP contribution in [0.5, 0.6) is 11.5 Å². The van der Waals surface area contributed by atoms with Gasteiger partial charge in [0.15, 0.2) is 17.8 Å². The molecule has 0 saturated carbocycles. The maximum absolute atomic E-state index is 6.13. The number of methoxy groups -OCH3 is 1. The Morgan fingerprint density at radius 3 is 2.73 bits per heavy atom. The van der Waals surface area contributed by atoms with Crippen molar-refractivity contribution in [3.05, 3.63) is 72.6 Å². The molecule has 1 fully saturated rings. The summed E-state index contributed by atoms with van der Waals surface area (Å²) in [6.45, 7) is 1.43. The number of pyridine rings is 1. The standard InChI is InChI=1S/C24H26N2O3S/c1-27-22-11-10-20(15-23(22)29-24-9-5-13-28-24)26(17-18-6-4-12-25-16-18)19-7-3-8-21(14-19)30-2/h3-4,6-8,10-12,14-16,24H,5,9,13,17H2,1-2H3. The fraction of sp³-hybridized carbons (Fsp3) is 0.292. The highest BCUT2D eigenvalue weighted by atomic mass is 32.2. The van der Waals surface area contributed by atoms with E-state index >= 15 is 0 Å². The van der Waals surface area contributed by atoms with Crippen LogP contribution in [0.2, 0.25) is 0 Å². The van der Waals surface area contributed by atoms with Crippen LogP contribution in [-0.4, -0.2) is 31.2 Å². The Bertz CT molecular complexity index is 962. The monoisotopic (exact) mass is 422 g/mol. The predicted octanol–water partition coefficient (Wildman–Crippen LogP) is 5.67. The highest BCUT2D eigenvalue weighted by Crippen LogP contribution is 2.37. The summed E-state index contributed by atoms with van der Waals surface area (Å²) in [6.07, 6.45) is 7.47. The van der Waals surface area contributed by atoms with E-state index in [1.54, 1.807) is 25.1 Å². The lowest BCUT2D eigenvalue weighted by molar-refractivity contribution is -0.0402. The van der Waals surface area contributed by atoms with Gasteiger partial charge in [0.2, 0.25) is 0 Å². The van der Waals surface area contributed by atoms with Crippen molar-refractivity contribution in [1.82, 2.24) is 4.98 Å². The third-order valence-corrected chi connectivity index (χ3v) is 5.76. The quantitative estimate of drug-likeness (QED) is 0.436. The summed E-state index contributed by atoms with van der Waals surface area (Å²) in [5.41, 5.74) is 3.26. The number of anilines is 2. The number of thioether (sulfide) groups is 1. The molecule has 0 radical (unpaired) electrons. The first-order valence-electron chi connectivity index (χ1n) is 10.0. The SMILES string of the molecule is COc1ccc(N(Cc2cccnc2)c2cccc(SC)c2)cc1OC1CCCO1. The normalized spacial score (nSPS) is 15.7. The van der Waals surface area contributed by atoms with Gasteiger partial charge in [0, 0.05) is 47.7 Å². The zero-order valence-corrected chi connectivity index (χ0v) is 18.1. The second kappa shape index (κ2) is 9.87. The molecular formula is C24H26N2O3S. The molecule has 1 aliphatic rings. The molecule has 1 unspecified atom stereocenters. The van der Waals surface area contributed by atoms with Gasteiger partial charge in [-0.05, 0) is 54.6 Å². The van der Waals surface area contributed by atoms with Gasteiger partial charge in [-0.2, -0.15) is 0 Å². The van der Waals surface area contributed by atoms with Crippen molar-refractivity contribution in [1.29, 1.82) is 0 Å². The number of aromatic nitrogens is 1. The summed E-state index contributed by atoms with van der Waals surface area (Å²) < 4.78 is 17.3. The van der Waals surface area contributed by atoms with Gasteiger partial charge >= 0.3 is 0 Å². The van der Waals surface area contributed by atoms with E-state index in [2.05, 4.69) is 52.5 Å². The number of ether oxygens (including phenoxy) is 3. The number of benzene rings is 2. The minimum absolute atomic E-state index is 0.222. The number of hydrogen-bond donors (Lipinski definition) is 0. The first-order valence-corrected chi connectivity index (χ1v) is 11.3. The number of nitrogens with zero attached hydrogens (tertiary/aromatic N) is 2. The Balaban J connectivity index is 1.71. The minimum Gasteiger partial charge on any atom is -0.493 e. The molecule has 2 aromatic carbocycles. The summed E-state index contributed by atoms with van der Waals surface area (Å²) in [4.78, 5) is 7.76. The van der Waals surface area contributed by atoms with E-state index in [9.17, 15) is 0 Å². The first-order chi connectivity index (χ1) is 14.8. The van der Waals surface area contributed by atoms with Crippen molar-refractivity contribution >= 4 is 23.1 Å². The van der Waals surface area contributed by atoms with Crippen LogP contribution >= 0.6 is 11.8 Å². The van der Waals surface area contributed by atoms with E-state index in [-0.39, 0.29) is 6.29 Å². The van der Waals surface area contributed by atoms with Crippen molar-refractivity contribution in [2.75, 3.05) is 24.9 Å². The Kier molecular flexibility index (Phi) is 6.77. The average molecular weight is 423 g/mol. The van der Waals surface area contributed by atoms with E-state index in [4.69, 9.17) is 14.2 Å². The molecule has 156 valence electrons. The summed E-state index contributed by atoms with van der Waals surface area (Å²) in [5, 5.41) is 0. The maximum Gasteiger partial charge on any atom is 0.200 e. The fourth-order valence-electron chi connectivity index (χ4n) is 3.49. The molecule has 0 aliphatic carbocycles. The molecule has 1 saturated heterocycles. The van der Waals surface area contributed by atoms with Crippen molar-refractivity contribution < 1.29 is 14.2 Å². The largest absolute Gasteiger partial charge is 0.493 e. The first kappa shape index (κ1) is 20.6. The zero-order chi connectivity index (χ0) is 20.8. The number of rotatable bonds is 8. The molecule has 1 atom stereocenters. The van der Waals surface area contributed by atoms with Gasteiger partial charge in [0.05, 0.1) is 13.7 Å². The van der Waals surface area contributed by atoms with Crippen molar-refractivity contribution in [2.45, 2.75) is 30.6 Å². The summed E-state index contributed by atoms with van der Waals surface area (Å²) in [6, 6.07) is 18.6. The summed E-state index contributed by atoms with van der Waals surface area (Å²) in [7, 11) is 1.66. The van der Waals surface area contributed by atoms with Crippen molar-refractivity contribution in [2.24, 2.45) is 0 Å². The molecule has 0 spiro atoms. The molecule has 0 amide bonds. The summed E-state index contributed by atoms with van der Waals surface area (Å²) >= 11 is 1.73. The minimum atomic E-state index is -0.222. The lowest BCUT2D eigenvalue weighted by Crippen LogP contribution is -2.18. The van der Waals surface area contributed by atoms with Crippen LogP contribution in [0.3, 0.4) is 0 Å². The third-order valence-electron chi connectivity index (χ3n) is 5.03. The molecule has 6 heteroatoms. The van der Waals surface area contributed by atoms with Crippen LogP contribution in [0.4, 0.5) is 11.4 Å². The van der Waals surface area contributed by atoms with Crippen LogP contribution in [0, 0.1) is 0 Å². The van der Waals surface area contributed by atoms with Crippen LogP contribution in [0.1, 0.15) is 18.4 Å². The van der Waals surface area contributed by atoms with Gasteiger partial charge in [0.1, 0.15) is 0 Å². The third kappa shape index (κ3) is 4.89. The second-order valence-electron chi connectivity index (χ2n) is 7.04. The summed E-state index contributed by atoms with van der Waals surface area (Å²) in [5.74, 6) is 1.40. The van der Waals surface area contributed by atoms with Gasteiger partial charge in [-0.1, -0.05) is 12.1 Å². The van der Waals surface area contributed by atoms with Gasteiger partial charge in [-0.15, -0.1) is 11.8 Å². The van der Waals surface area contributed by atoms with Gasteiger partial charge in [-0.25, -0.2) is 0 Å². The molecule has 2 heterocycles. The van der Waals surface area contributed by atoms with Crippen LogP contribution in [0.15, 0.2) is 71.9 Å². The van der Waals surface area contributed by atoms with Gasteiger partial charge in [-0.3, -0.25) is 4.98 Å². The number of hydrogen-bond acceptors (Lipinski definition) is 6. The zero-order valence-electron chi connectivity index (χ0n) is 17.3. The van der Waals surface area contributed by atoms with Gasteiger partial charge < -0.3 is 19.1 Å². The topological polar surface area (TPSA) is 43.8 Å². The van der Waals surface area contributed by atoms with Crippen LogP contribution in [0.25, 0.3) is 0 Å². The van der Waals surface area contributed by atoms with Gasteiger partial charge in [0.25, 0.3) is 0 Å². The molecule has 30 heavy (non-hydrogen) atoms. The molecule has 0 N–H and O–H groups in total. The van der Waals surface area contributed by atoms with Crippen molar-refractivity contribution in [3.8, 4) is 11.5 Å². The molecule has 1 aliphatic heterocycles. The van der Waals surface area contributed by atoms with E-state index in [1.165, 1.54) is 4.90 Å². The molecule has 0 bridgehead atoms. The lowest BCUT2D eigenvalue weighted by Gasteiger charge is -2.27. The molecule has 5 nitrogen and oxygen atoms in total. The lowest BCUT2D eigenvalue weighted by atomic mass is 10.2. The van der Waals surface area contributed by atoms with E-state index in [0.29, 0.717) is 18.0 Å². The Morgan fingerprint density at radius 1 is 1.10 bits per heavy atom. The molecule has 1 aromatic heterocycles. The van der Waals surface area contributed by atoms with E-state index < -0.39 is 0 Å². The van der Waals surface area contributed by atoms with E-state index in [0.717, 1.165) is 36.4 Å². The van der Waals surface area contributed by atoms with Crippen LogP contribution in [-0.2, 0) is 11.3 Å². The highest BCUT2D eigenvalue weighted by molar-refractivity contribution is 7.98. The second-order valence-corrected chi connectivity index (χ2v) is 7.92. The Labute approximate surface area is 182 Å². The fourth-order valence-corrected chi connectivity index (χ4v) is 3.95. The highest BCUT2D eigenvalue weighted by Gasteiger charge is 2.20. The Morgan fingerprint density at radius 2 is 2.00 bits per heavy atom. The molecule has 3 aromatic rings. The average Bonchev–Trinajstić information content (AvgIpc) is 3.31. The van der Waals surface area contributed by atoms with Crippen molar-refractivity contribution in [3.63, 3.8) is 0 Å². The maximum atomic E-state index is 6.13. The van der Waals surface area contributed by atoms with Crippen LogP contribution < -0.4 is 14.4 Å². The molecule has 4 rings (SSSR count). The Hall–Kier alpha value is -2.70. The van der Waals surface area contributed by atoms with E-state index in [1.807, 2.05) is 24.4 Å². The predicted molar refractivity (Wildman–Crippen MR) is 121 cm³/mol. The molecular weight excluding hydrogens is 396 g/mol.